The van der Waals surface area contributed by atoms with Crippen LogP contribution in [0.3, 0.4) is 0 Å². The Balaban J connectivity index is 2.12. The number of hydrogen-bond donors (Lipinski definition) is 2. The Morgan fingerprint density at radius 2 is 2.14 bits per heavy atom. The highest BCUT2D eigenvalue weighted by Crippen LogP contribution is 2.22. The molecule has 1 aromatic carbocycles. The Morgan fingerprint density at radius 1 is 1.43 bits per heavy atom. The molecule has 5 nitrogen and oxygen atoms in total. The van der Waals surface area contributed by atoms with E-state index in [0.29, 0.717) is 16.4 Å². The monoisotopic (exact) mass is 306 g/mol. The Labute approximate surface area is 129 Å². The van der Waals surface area contributed by atoms with Crippen LogP contribution in [0.1, 0.15) is 23.9 Å². The third kappa shape index (κ3) is 3.36. The number of carbonyl (C=O) groups excluding carboxylic acids is 1. The first-order valence-corrected chi connectivity index (χ1v) is 7.18. The van der Waals surface area contributed by atoms with E-state index in [9.17, 15) is 4.79 Å². The minimum atomic E-state index is -0.169. The molecule has 0 aliphatic rings. The summed E-state index contributed by atoms with van der Waals surface area (Å²) in [5, 5.41) is 7.72. The van der Waals surface area contributed by atoms with Crippen molar-refractivity contribution in [1.29, 1.82) is 0 Å². The first-order chi connectivity index (χ1) is 9.92. The number of anilines is 2. The van der Waals surface area contributed by atoms with Crippen LogP contribution in [0.4, 0.5) is 11.4 Å². The maximum atomic E-state index is 12.1. The molecule has 0 fully saturated rings. The molecule has 6 heteroatoms. The van der Waals surface area contributed by atoms with Crippen molar-refractivity contribution < 1.29 is 4.79 Å². The van der Waals surface area contributed by atoms with Crippen molar-refractivity contribution in [2.45, 2.75) is 33.7 Å². The molecule has 21 heavy (non-hydrogen) atoms. The van der Waals surface area contributed by atoms with E-state index in [2.05, 4.69) is 17.3 Å². The molecule has 0 radical (unpaired) electrons. The number of aromatic nitrogens is 2. The molecule has 0 aliphatic heterocycles. The first-order valence-electron chi connectivity index (χ1n) is 6.80. The number of amides is 1. The van der Waals surface area contributed by atoms with E-state index >= 15 is 0 Å². The molecule has 1 amide bonds. The zero-order valence-electron chi connectivity index (χ0n) is 12.4. The first kappa shape index (κ1) is 15.4. The SMILES string of the molecule is CCc1c(C)nn(CC(=O)Nc2ccc(Cl)cc2N)c1C. The third-order valence-electron chi connectivity index (χ3n) is 3.47. The molecule has 0 atom stereocenters. The standard InChI is InChI=1S/C15H19ClN4O/c1-4-12-9(2)19-20(10(12)3)8-15(21)18-14-6-5-11(16)7-13(14)17/h5-7H,4,8,17H2,1-3H3,(H,18,21). The highest BCUT2D eigenvalue weighted by atomic mass is 35.5. The van der Waals surface area contributed by atoms with Crippen molar-refractivity contribution in [1.82, 2.24) is 9.78 Å². The summed E-state index contributed by atoms with van der Waals surface area (Å²) in [5.41, 5.74) is 10.00. The van der Waals surface area contributed by atoms with E-state index in [4.69, 9.17) is 17.3 Å². The van der Waals surface area contributed by atoms with Gasteiger partial charge < -0.3 is 11.1 Å². The lowest BCUT2D eigenvalue weighted by molar-refractivity contribution is -0.116. The van der Waals surface area contributed by atoms with Gasteiger partial charge in [0.25, 0.3) is 0 Å². The lowest BCUT2D eigenvalue weighted by Crippen LogP contribution is -2.21. The fraction of sp³-hybridized carbons (Fsp3) is 0.333. The average Bonchev–Trinajstić information content (AvgIpc) is 2.67. The largest absolute Gasteiger partial charge is 0.397 e. The van der Waals surface area contributed by atoms with Crippen molar-refractivity contribution >= 4 is 28.9 Å². The minimum Gasteiger partial charge on any atom is -0.397 e. The van der Waals surface area contributed by atoms with E-state index in [0.717, 1.165) is 17.8 Å². The Kier molecular flexibility index (Phi) is 4.53. The predicted octanol–water partition coefficient (Wildman–Crippen LogP) is 2.94. The quantitative estimate of drug-likeness (QED) is 0.853. The molecule has 2 aromatic rings. The van der Waals surface area contributed by atoms with E-state index in [1.807, 2.05) is 13.8 Å². The Bertz CT molecular complexity index is 679. The number of nitrogen functional groups attached to an aromatic ring is 1. The number of carbonyl (C=O) groups is 1. The van der Waals surface area contributed by atoms with Crippen LogP contribution in [-0.4, -0.2) is 15.7 Å². The van der Waals surface area contributed by atoms with Crippen LogP contribution in [0.2, 0.25) is 5.02 Å². The number of rotatable bonds is 4. The lowest BCUT2D eigenvalue weighted by atomic mass is 10.1. The van der Waals surface area contributed by atoms with Crippen molar-refractivity contribution in [3.63, 3.8) is 0 Å². The lowest BCUT2D eigenvalue weighted by Gasteiger charge is -2.09. The molecule has 3 N–H and O–H groups in total. The number of benzene rings is 1. The molecule has 2 rings (SSSR count). The molecule has 0 unspecified atom stereocenters. The van der Waals surface area contributed by atoms with Crippen molar-refractivity contribution in [2.75, 3.05) is 11.1 Å². The summed E-state index contributed by atoms with van der Waals surface area (Å²) in [7, 11) is 0. The molecular formula is C15H19ClN4O. The van der Waals surface area contributed by atoms with Crippen molar-refractivity contribution in [3.05, 3.63) is 40.2 Å². The molecule has 0 saturated carbocycles. The fourth-order valence-corrected chi connectivity index (χ4v) is 2.55. The van der Waals surface area contributed by atoms with E-state index in [-0.39, 0.29) is 12.5 Å². The molecular weight excluding hydrogens is 288 g/mol. The van der Waals surface area contributed by atoms with Gasteiger partial charge in [0, 0.05) is 10.7 Å². The van der Waals surface area contributed by atoms with E-state index in [1.54, 1.807) is 22.9 Å². The van der Waals surface area contributed by atoms with Crippen LogP contribution < -0.4 is 11.1 Å². The van der Waals surface area contributed by atoms with Gasteiger partial charge in [0.1, 0.15) is 6.54 Å². The van der Waals surface area contributed by atoms with Crippen molar-refractivity contribution in [2.24, 2.45) is 0 Å². The van der Waals surface area contributed by atoms with Crippen LogP contribution in [-0.2, 0) is 17.8 Å². The zero-order valence-corrected chi connectivity index (χ0v) is 13.2. The summed E-state index contributed by atoms with van der Waals surface area (Å²) in [6.07, 6.45) is 0.906. The summed E-state index contributed by atoms with van der Waals surface area (Å²) in [6, 6.07) is 4.98. The molecule has 0 bridgehead atoms. The summed E-state index contributed by atoms with van der Waals surface area (Å²) >= 11 is 5.83. The van der Waals surface area contributed by atoms with Gasteiger partial charge in [0.05, 0.1) is 17.1 Å². The normalized spacial score (nSPS) is 10.7. The van der Waals surface area contributed by atoms with Gasteiger partial charge in [0.2, 0.25) is 5.91 Å². The second kappa shape index (κ2) is 6.18. The van der Waals surface area contributed by atoms with Crippen LogP contribution >= 0.6 is 11.6 Å². The van der Waals surface area contributed by atoms with Crippen LogP contribution in [0.5, 0.6) is 0 Å². The van der Waals surface area contributed by atoms with Gasteiger partial charge in [0.15, 0.2) is 0 Å². The predicted molar refractivity (Wildman–Crippen MR) is 85.6 cm³/mol. The Morgan fingerprint density at radius 3 is 2.71 bits per heavy atom. The highest BCUT2D eigenvalue weighted by molar-refractivity contribution is 6.31. The highest BCUT2D eigenvalue weighted by Gasteiger charge is 2.13. The summed E-state index contributed by atoms with van der Waals surface area (Å²) in [4.78, 5) is 12.1. The maximum Gasteiger partial charge on any atom is 0.246 e. The van der Waals surface area contributed by atoms with E-state index < -0.39 is 0 Å². The van der Waals surface area contributed by atoms with Gasteiger partial charge in [-0.15, -0.1) is 0 Å². The van der Waals surface area contributed by atoms with Gasteiger partial charge in [-0.25, -0.2) is 0 Å². The van der Waals surface area contributed by atoms with Gasteiger partial charge in [-0.05, 0) is 44.0 Å². The van der Waals surface area contributed by atoms with Crippen molar-refractivity contribution in [3.8, 4) is 0 Å². The summed E-state index contributed by atoms with van der Waals surface area (Å²) < 4.78 is 1.72. The van der Waals surface area contributed by atoms with Gasteiger partial charge >= 0.3 is 0 Å². The molecule has 0 aliphatic carbocycles. The van der Waals surface area contributed by atoms with Gasteiger partial charge in [-0.1, -0.05) is 18.5 Å². The van der Waals surface area contributed by atoms with Crippen LogP contribution in [0, 0.1) is 13.8 Å². The Hall–Kier alpha value is -2.01. The van der Waals surface area contributed by atoms with Crippen LogP contribution in [0.25, 0.3) is 0 Å². The number of aryl methyl sites for hydroxylation is 1. The smallest absolute Gasteiger partial charge is 0.246 e. The minimum absolute atomic E-state index is 0.161. The van der Waals surface area contributed by atoms with Gasteiger partial charge in [-0.2, -0.15) is 5.10 Å². The van der Waals surface area contributed by atoms with Gasteiger partial charge in [-0.3, -0.25) is 9.48 Å². The molecule has 1 aromatic heterocycles. The molecule has 0 spiro atoms. The summed E-state index contributed by atoms with van der Waals surface area (Å²) in [5.74, 6) is -0.169. The third-order valence-corrected chi connectivity index (χ3v) is 3.70. The maximum absolute atomic E-state index is 12.1. The van der Waals surface area contributed by atoms with E-state index in [1.165, 1.54) is 5.56 Å². The number of hydrogen-bond acceptors (Lipinski definition) is 3. The second-order valence-electron chi connectivity index (χ2n) is 4.94. The van der Waals surface area contributed by atoms with Crippen LogP contribution in [0.15, 0.2) is 18.2 Å². The number of nitrogens with zero attached hydrogens (tertiary/aromatic N) is 2. The summed E-state index contributed by atoms with van der Waals surface area (Å²) in [6.45, 7) is 6.17. The number of halogens is 1. The fourth-order valence-electron chi connectivity index (χ4n) is 2.37. The number of nitrogens with two attached hydrogens (primary N) is 1. The number of nitrogens with one attached hydrogen (secondary N) is 1. The average molecular weight is 307 g/mol. The molecule has 0 saturated heterocycles. The zero-order chi connectivity index (χ0) is 15.6. The topological polar surface area (TPSA) is 72.9 Å². The second-order valence-corrected chi connectivity index (χ2v) is 5.38. The molecule has 112 valence electrons. The molecule has 1 heterocycles.